The highest BCUT2D eigenvalue weighted by atomic mass is 32.2. The van der Waals surface area contributed by atoms with E-state index in [2.05, 4.69) is 5.32 Å². The average molecular weight is 372 g/mol. The van der Waals surface area contributed by atoms with Gasteiger partial charge in [-0.05, 0) is 38.5 Å². The van der Waals surface area contributed by atoms with Crippen molar-refractivity contribution in [1.82, 2.24) is 5.32 Å². The molecule has 1 aromatic carbocycles. The maximum absolute atomic E-state index is 13.6. The van der Waals surface area contributed by atoms with Crippen LogP contribution in [0.25, 0.3) is 0 Å². The number of carbonyl (C=O) groups excluding carboxylic acids is 1. The van der Waals surface area contributed by atoms with E-state index in [0.717, 1.165) is 0 Å². The van der Waals surface area contributed by atoms with Crippen molar-refractivity contribution in [2.75, 3.05) is 12.3 Å². The number of ether oxygens (including phenoxy) is 1. The minimum atomic E-state index is -3.52. The second kappa shape index (κ2) is 6.57. The van der Waals surface area contributed by atoms with E-state index in [1.54, 1.807) is 26.8 Å². The maximum Gasteiger partial charge on any atom is 0.408 e. The summed E-state index contributed by atoms with van der Waals surface area (Å²) in [6, 6.07) is 5.70. The Labute approximate surface area is 147 Å². The highest BCUT2D eigenvalue weighted by molar-refractivity contribution is 7.92. The molecule has 1 fully saturated rings. The van der Waals surface area contributed by atoms with Crippen LogP contribution in [0.5, 0.6) is 0 Å². The molecule has 1 amide bonds. The molecule has 0 aliphatic heterocycles. The number of nitrogens with one attached hydrogen (secondary N) is 1. The van der Waals surface area contributed by atoms with Crippen molar-refractivity contribution in [3.8, 4) is 0 Å². The van der Waals surface area contributed by atoms with E-state index >= 15 is 0 Å². The fraction of sp³-hybridized carbons (Fsp3) is 0.588. The van der Waals surface area contributed by atoms with Gasteiger partial charge >= 0.3 is 6.09 Å². The Hall–Kier alpha value is -1.67. The lowest BCUT2D eigenvalue weighted by molar-refractivity contribution is 0.0497. The van der Waals surface area contributed by atoms with Crippen LogP contribution in [0.4, 0.5) is 9.18 Å². The summed E-state index contributed by atoms with van der Waals surface area (Å²) in [5.41, 5.74) is 4.41. The second-order valence-corrected chi connectivity index (χ2v) is 9.69. The van der Waals surface area contributed by atoms with Crippen molar-refractivity contribution >= 4 is 15.9 Å². The van der Waals surface area contributed by atoms with Crippen LogP contribution < -0.4 is 11.1 Å². The Kier molecular flexibility index (Phi) is 5.16. The molecule has 6 nitrogen and oxygen atoms in total. The molecule has 0 unspecified atom stereocenters. The lowest BCUT2D eigenvalue weighted by atomic mass is 10.1. The lowest BCUT2D eigenvalue weighted by Crippen LogP contribution is -2.49. The summed E-state index contributed by atoms with van der Waals surface area (Å²) >= 11 is 0. The highest BCUT2D eigenvalue weighted by Gasteiger charge is 2.71. The largest absolute Gasteiger partial charge is 0.444 e. The van der Waals surface area contributed by atoms with Crippen molar-refractivity contribution in [2.45, 2.75) is 50.0 Å². The molecule has 0 bridgehead atoms. The molecule has 3 N–H and O–H groups in total. The van der Waals surface area contributed by atoms with Crippen molar-refractivity contribution in [1.29, 1.82) is 0 Å². The summed E-state index contributed by atoms with van der Waals surface area (Å²) in [6.45, 7) is 6.55. The molecule has 0 spiro atoms. The predicted molar refractivity (Wildman–Crippen MR) is 93.5 cm³/mol. The predicted octanol–water partition coefficient (Wildman–Crippen LogP) is 1.95. The van der Waals surface area contributed by atoms with Gasteiger partial charge in [0.25, 0.3) is 0 Å². The molecule has 3 atom stereocenters. The molecule has 0 aromatic heterocycles. The number of rotatable bonds is 5. The molecule has 0 radical (unpaired) electrons. The topological polar surface area (TPSA) is 98.5 Å². The van der Waals surface area contributed by atoms with E-state index in [1.165, 1.54) is 25.1 Å². The Morgan fingerprint density at radius 1 is 1.40 bits per heavy atom. The standard InChI is InChI=1S/C17H25FN2O4S/c1-5-25(22,23)14-13(11-7-6-8-12(18)9-11)17(14,10-19)20-15(21)24-16(2,3)4/h6-9,13-14H,5,10,19H2,1-4H3,(H,20,21)/t13-,14-,17-/m1/s1. The third-order valence-corrected chi connectivity index (χ3v) is 6.60. The van der Waals surface area contributed by atoms with Crippen LogP contribution in [0.3, 0.4) is 0 Å². The van der Waals surface area contributed by atoms with Crippen molar-refractivity contribution in [3.05, 3.63) is 35.6 Å². The summed E-state index contributed by atoms with van der Waals surface area (Å²) in [5.74, 6) is -1.19. The Balaban J connectivity index is 2.40. The molecule has 140 valence electrons. The molecule has 2 rings (SSSR count). The van der Waals surface area contributed by atoms with E-state index in [1.807, 2.05) is 0 Å². The SMILES string of the molecule is CCS(=O)(=O)[C@@H]1[C@@H](c2cccc(F)c2)[C@@]1(CN)NC(=O)OC(C)(C)C. The van der Waals surface area contributed by atoms with Gasteiger partial charge in [-0.25, -0.2) is 17.6 Å². The van der Waals surface area contributed by atoms with Crippen LogP contribution in [0.2, 0.25) is 0 Å². The zero-order valence-electron chi connectivity index (χ0n) is 14.9. The smallest absolute Gasteiger partial charge is 0.408 e. The van der Waals surface area contributed by atoms with Gasteiger partial charge in [0.15, 0.2) is 9.84 Å². The van der Waals surface area contributed by atoms with Gasteiger partial charge in [-0.2, -0.15) is 0 Å². The number of nitrogens with two attached hydrogens (primary N) is 1. The van der Waals surface area contributed by atoms with Gasteiger partial charge in [-0.3, -0.25) is 0 Å². The van der Waals surface area contributed by atoms with Gasteiger partial charge in [0, 0.05) is 18.2 Å². The van der Waals surface area contributed by atoms with Crippen LogP contribution >= 0.6 is 0 Å². The third kappa shape index (κ3) is 3.95. The Morgan fingerprint density at radius 2 is 2.04 bits per heavy atom. The minimum absolute atomic E-state index is 0.0960. The van der Waals surface area contributed by atoms with E-state index < -0.39 is 44.1 Å². The summed E-state index contributed by atoms with van der Waals surface area (Å²) in [7, 11) is -3.52. The second-order valence-electron chi connectivity index (χ2n) is 7.28. The fourth-order valence-corrected chi connectivity index (χ4v) is 5.26. The number of sulfone groups is 1. The molecule has 1 saturated carbocycles. The van der Waals surface area contributed by atoms with Gasteiger partial charge in [0.2, 0.25) is 0 Å². The number of amides is 1. The zero-order chi connectivity index (χ0) is 19.0. The first-order valence-electron chi connectivity index (χ1n) is 8.15. The van der Waals surface area contributed by atoms with Crippen molar-refractivity contribution in [2.24, 2.45) is 5.73 Å². The Bertz CT molecular complexity index is 760. The summed E-state index contributed by atoms with van der Waals surface area (Å²) in [6.07, 6.45) is -0.742. The molecule has 1 aliphatic rings. The van der Waals surface area contributed by atoms with Gasteiger partial charge in [-0.1, -0.05) is 19.1 Å². The lowest BCUT2D eigenvalue weighted by Gasteiger charge is -2.24. The zero-order valence-corrected chi connectivity index (χ0v) is 15.7. The highest BCUT2D eigenvalue weighted by Crippen LogP contribution is 2.55. The quantitative estimate of drug-likeness (QED) is 0.823. The first kappa shape index (κ1) is 19.7. The van der Waals surface area contributed by atoms with E-state index in [0.29, 0.717) is 5.56 Å². The third-order valence-electron chi connectivity index (χ3n) is 4.32. The number of halogens is 1. The number of alkyl carbamates (subject to hydrolysis) is 1. The molecular weight excluding hydrogens is 347 g/mol. The van der Waals surface area contributed by atoms with Gasteiger partial charge in [-0.15, -0.1) is 0 Å². The van der Waals surface area contributed by atoms with Crippen molar-refractivity contribution < 1.29 is 22.3 Å². The van der Waals surface area contributed by atoms with Gasteiger partial charge in [0.05, 0.1) is 10.8 Å². The molecule has 0 saturated heterocycles. The number of hydrogen-bond acceptors (Lipinski definition) is 5. The van der Waals surface area contributed by atoms with E-state index in [9.17, 15) is 17.6 Å². The number of hydrogen-bond donors (Lipinski definition) is 2. The minimum Gasteiger partial charge on any atom is -0.444 e. The monoisotopic (exact) mass is 372 g/mol. The van der Waals surface area contributed by atoms with Crippen LogP contribution in [0, 0.1) is 5.82 Å². The average Bonchev–Trinajstić information content (AvgIpc) is 3.15. The molecule has 25 heavy (non-hydrogen) atoms. The van der Waals surface area contributed by atoms with E-state index in [4.69, 9.17) is 10.5 Å². The Morgan fingerprint density at radius 3 is 2.52 bits per heavy atom. The molecular formula is C17H25FN2O4S. The number of benzene rings is 1. The van der Waals surface area contributed by atoms with E-state index in [-0.39, 0.29) is 12.3 Å². The van der Waals surface area contributed by atoms with Crippen molar-refractivity contribution in [3.63, 3.8) is 0 Å². The van der Waals surface area contributed by atoms with Crippen LogP contribution in [0.15, 0.2) is 24.3 Å². The fourth-order valence-electron chi connectivity index (χ4n) is 3.22. The number of carbonyl (C=O) groups is 1. The van der Waals surface area contributed by atoms with Crippen LogP contribution in [-0.2, 0) is 14.6 Å². The molecule has 0 heterocycles. The van der Waals surface area contributed by atoms with Gasteiger partial charge in [0.1, 0.15) is 11.4 Å². The summed E-state index contributed by atoms with van der Waals surface area (Å²) in [4.78, 5) is 12.2. The normalized spacial score (nSPS) is 26.2. The maximum atomic E-state index is 13.6. The summed E-state index contributed by atoms with van der Waals surface area (Å²) in [5, 5.41) is 1.73. The first-order valence-corrected chi connectivity index (χ1v) is 9.86. The van der Waals surface area contributed by atoms with Crippen LogP contribution in [0.1, 0.15) is 39.2 Å². The first-order chi connectivity index (χ1) is 11.5. The van der Waals surface area contributed by atoms with Crippen LogP contribution in [-0.4, -0.2) is 43.2 Å². The summed E-state index contributed by atoms with van der Waals surface area (Å²) < 4.78 is 43.9. The molecule has 1 aliphatic carbocycles. The van der Waals surface area contributed by atoms with Gasteiger partial charge < -0.3 is 15.8 Å². The molecule has 1 aromatic rings. The molecule has 8 heteroatoms.